The van der Waals surface area contributed by atoms with Crippen molar-refractivity contribution in [3.05, 3.63) is 12.3 Å². The highest BCUT2D eigenvalue weighted by molar-refractivity contribution is 5.83. The average Bonchev–Trinajstić information content (AvgIpc) is 2.69. The van der Waals surface area contributed by atoms with Gasteiger partial charge in [-0.1, -0.05) is 13.8 Å². The summed E-state index contributed by atoms with van der Waals surface area (Å²) in [7, 11) is 3.89. The fourth-order valence-electron chi connectivity index (χ4n) is 3.55. The van der Waals surface area contributed by atoms with Gasteiger partial charge in [-0.25, -0.2) is 14.6 Å². The van der Waals surface area contributed by atoms with Crippen LogP contribution in [0.15, 0.2) is 12.3 Å². The van der Waals surface area contributed by atoms with Crippen LogP contribution in [-0.4, -0.2) is 60.8 Å². The molecular formula is C21H36N6O3. The predicted molar refractivity (Wildman–Crippen MR) is 118 cm³/mol. The number of hydrogen-bond donors (Lipinski definition) is 3. The third kappa shape index (κ3) is 7.68. The van der Waals surface area contributed by atoms with Crippen LogP contribution >= 0.6 is 0 Å². The second-order valence-corrected chi connectivity index (χ2v) is 8.38. The van der Waals surface area contributed by atoms with Crippen LogP contribution in [0, 0.1) is 5.92 Å². The van der Waals surface area contributed by atoms with Crippen molar-refractivity contribution in [1.82, 2.24) is 20.6 Å². The quantitative estimate of drug-likeness (QED) is 0.527. The minimum absolute atomic E-state index is 0.0824. The van der Waals surface area contributed by atoms with Gasteiger partial charge in [0.05, 0.1) is 6.61 Å². The van der Waals surface area contributed by atoms with E-state index in [1.807, 2.05) is 38.9 Å². The van der Waals surface area contributed by atoms with Crippen molar-refractivity contribution in [3.8, 4) is 0 Å². The van der Waals surface area contributed by atoms with Crippen LogP contribution in [0.2, 0.25) is 0 Å². The van der Waals surface area contributed by atoms with Crippen LogP contribution in [0.25, 0.3) is 0 Å². The molecule has 0 aromatic carbocycles. The van der Waals surface area contributed by atoms with Crippen LogP contribution in [0.1, 0.15) is 52.9 Å². The standard InChI is InChI=1S/C21H36N6O3/c1-6-30-19(28)17(13-14(2)3)25-21(29)24-16-9-7-15(8-10-16)23-20-22-12-11-18(26-20)27(4)5/h11-12,14-17H,6-10,13H2,1-5H3,(H,22,23,26)(H2,24,25,29)/t15?,16?,17-/m0/s1. The van der Waals surface area contributed by atoms with Gasteiger partial charge in [-0.15, -0.1) is 0 Å². The Labute approximate surface area is 179 Å². The van der Waals surface area contributed by atoms with Gasteiger partial charge in [0.15, 0.2) is 0 Å². The molecule has 2 rings (SSSR count). The first-order chi connectivity index (χ1) is 14.3. The Balaban J connectivity index is 1.79. The number of anilines is 2. The van der Waals surface area contributed by atoms with Crippen LogP contribution in [-0.2, 0) is 9.53 Å². The molecule has 1 aromatic heterocycles. The number of urea groups is 1. The topological polar surface area (TPSA) is 108 Å². The molecule has 1 fully saturated rings. The summed E-state index contributed by atoms with van der Waals surface area (Å²) in [6, 6.07) is 1.29. The van der Waals surface area contributed by atoms with E-state index in [0.29, 0.717) is 19.0 Å². The minimum atomic E-state index is -0.621. The summed E-state index contributed by atoms with van der Waals surface area (Å²) >= 11 is 0. The van der Waals surface area contributed by atoms with E-state index in [1.54, 1.807) is 13.1 Å². The maximum Gasteiger partial charge on any atom is 0.328 e. The number of carbonyl (C=O) groups excluding carboxylic acids is 2. The Hall–Kier alpha value is -2.58. The molecule has 1 heterocycles. The molecule has 0 saturated heterocycles. The van der Waals surface area contributed by atoms with Crippen molar-refractivity contribution in [2.75, 3.05) is 30.9 Å². The number of esters is 1. The van der Waals surface area contributed by atoms with Crippen molar-refractivity contribution < 1.29 is 14.3 Å². The van der Waals surface area contributed by atoms with E-state index < -0.39 is 6.04 Å². The van der Waals surface area contributed by atoms with Crippen LogP contribution in [0.5, 0.6) is 0 Å². The van der Waals surface area contributed by atoms with E-state index in [-0.39, 0.29) is 30.0 Å². The Morgan fingerprint density at radius 3 is 2.47 bits per heavy atom. The number of nitrogens with zero attached hydrogens (tertiary/aromatic N) is 3. The summed E-state index contributed by atoms with van der Waals surface area (Å²) in [4.78, 5) is 35.3. The molecule has 9 heteroatoms. The number of aromatic nitrogens is 2. The van der Waals surface area contributed by atoms with Crippen molar-refractivity contribution in [2.45, 2.75) is 71.0 Å². The molecule has 1 atom stereocenters. The lowest BCUT2D eigenvalue weighted by Gasteiger charge is -2.30. The molecular weight excluding hydrogens is 384 g/mol. The molecule has 1 saturated carbocycles. The van der Waals surface area contributed by atoms with Crippen molar-refractivity contribution in [1.29, 1.82) is 0 Å². The second-order valence-electron chi connectivity index (χ2n) is 8.38. The largest absolute Gasteiger partial charge is 0.464 e. The summed E-state index contributed by atoms with van der Waals surface area (Å²) in [5.74, 6) is 1.38. The highest BCUT2D eigenvalue weighted by Crippen LogP contribution is 2.21. The Bertz CT molecular complexity index is 689. The number of carbonyl (C=O) groups is 2. The smallest absolute Gasteiger partial charge is 0.328 e. The lowest BCUT2D eigenvalue weighted by atomic mass is 9.91. The third-order valence-corrected chi connectivity index (χ3v) is 5.08. The summed E-state index contributed by atoms with van der Waals surface area (Å²) in [5.41, 5.74) is 0. The van der Waals surface area contributed by atoms with Crippen LogP contribution in [0.4, 0.5) is 16.6 Å². The molecule has 1 aliphatic rings. The van der Waals surface area contributed by atoms with E-state index in [9.17, 15) is 9.59 Å². The monoisotopic (exact) mass is 420 g/mol. The molecule has 168 valence electrons. The lowest BCUT2D eigenvalue weighted by molar-refractivity contribution is -0.145. The highest BCUT2D eigenvalue weighted by Gasteiger charge is 2.26. The zero-order valence-electron chi connectivity index (χ0n) is 18.8. The van der Waals surface area contributed by atoms with E-state index >= 15 is 0 Å². The van der Waals surface area contributed by atoms with Crippen molar-refractivity contribution in [2.24, 2.45) is 5.92 Å². The van der Waals surface area contributed by atoms with Crippen molar-refractivity contribution >= 4 is 23.8 Å². The first kappa shape index (κ1) is 23.7. The summed E-state index contributed by atoms with van der Waals surface area (Å²) in [6.45, 7) is 6.09. The Kier molecular flexibility index (Phi) is 9.14. The summed E-state index contributed by atoms with van der Waals surface area (Å²) in [6.07, 6.45) is 5.83. The molecule has 1 aromatic rings. The fraction of sp³-hybridized carbons (Fsp3) is 0.714. The van der Waals surface area contributed by atoms with Crippen LogP contribution in [0.3, 0.4) is 0 Å². The molecule has 9 nitrogen and oxygen atoms in total. The molecule has 0 radical (unpaired) electrons. The number of hydrogen-bond acceptors (Lipinski definition) is 7. The van der Waals surface area contributed by atoms with Gasteiger partial charge in [0, 0.05) is 32.4 Å². The Morgan fingerprint density at radius 2 is 1.87 bits per heavy atom. The first-order valence-corrected chi connectivity index (χ1v) is 10.8. The van der Waals surface area contributed by atoms with Gasteiger partial charge in [-0.3, -0.25) is 0 Å². The molecule has 3 N–H and O–H groups in total. The van der Waals surface area contributed by atoms with Gasteiger partial charge < -0.3 is 25.6 Å². The molecule has 0 aliphatic heterocycles. The third-order valence-electron chi connectivity index (χ3n) is 5.08. The normalized spacial score (nSPS) is 19.7. The number of nitrogens with one attached hydrogen (secondary N) is 3. The van der Waals surface area contributed by atoms with Gasteiger partial charge in [-0.2, -0.15) is 4.98 Å². The highest BCUT2D eigenvalue weighted by atomic mass is 16.5. The van der Waals surface area contributed by atoms with Crippen molar-refractivity contribution in [3.63, 3.8) is 0 Å². The molecule has 0 bridgehead atoms. The molecule has 30 heavy (non-hydrogen) atoms. The summed E-state index contributed by atoms with van der Waals surface area (Å²) in [5, 5.41) is 9.18. The molecule has 0 unspecified atom stereocenters. The molecule has 0 spiro atoms. The number of rotatable bonds is 9. The Morgan fingerprint density at radius 1 is 1.20 bits per heavy atom. The SMILES string of the molecule is CCOC(=O)[C@H](CC(C)C)NC(=O)NC1CCC(Nc2nccc(N(C)C)n2)CC1. The van der Waals surface area contributed by atoms with Gasteiger partial charge in [0.1, 0.15) is 11.9 Å². The van der Waals surface area contributed by atoms with E-state index in [1.165, 1.54) is 0 Å². The zero-order valence-corrected chi connectivity index (χ0v) is 18.8. The number of amides is 2. The zero-order chi connectivity index (χ0) is 22.1. The first-order valence-electron chi connectivity index (χ1n) is 10.8. The van der Waals surface area contributed by atoms with Gasteiger partial charge >= 0.3 is 12.0 Å². The van der Waals surface area contributed by atoms with E-state index in [2.05, 4.69) is 25.9 Å². The minimum Gasteiger partial charge on any atom is -0.464 e. The van der Waals surface area contributed by atoms with Crippen LogP contribution < -0.4 is 20.9 Å². The molecule has 1 aliphatic carbocycles. The summed E-state index contributed by atoms with van der Waals surface area (Å²) < 4.78 is 5.08. The maximum absolute atomic E-state index is 12.4. The van der Waals surface area contributed by atoms with E-state index in [4.69, 9.17) is 4.74 Å². The van der Waals surface area contributed by atoms with Gasteiger partial charge in [-0.05, 0) is 51.0 Å². The maximum atomic E-state index is 12.4. The van der Waals surface area contributed by atoms with Gasteiger partial charge in [0.2, 0.25) is 5.95 Å². The lowest BCUT2D eigenvalue weighted by Crippen LogP contribution is -2.51. The average molecular weight is 421 g/mol. The molecule has 2 amide bonds. The number of ether oxygens (including phenoxy) is 1. The fourth-order valence-corrected chi connectivity index (χ4v) is 3.55. The van der Waals surface area contributed by atoms with E-state index in [0.717, 1.165) is 31.5 Å². The predicted octanol–water partition coefficient (Wildman–Crippen LogP) is 2.54. The van der Waals surface area contributed by atoms with Gasteiger partial charge in [0.25, 0.3) is 0 Å². The second kappa shape index (κ2) is 11.6.